The van der Waals surface area contributed by atoms with Gasteiger partial charge in [-0.05, 0) is 6.07 Å². The Bertz CT molecular complexity index is 885. The number of hydrogen-bond acceptors (Lipinski definition) is 5. The number of carbonyl (C=O) groups excluding carboxylic acids is 4. The minimum atomic E-state index is -0.823. The Hall–Kier alpha value is -3.28. The highest BCUT2D eigenvalue weighted by molar-refractivity contribution is 6.30. The summed E-state index contributed by atoms with van der Waals surface area (Å²) < 4.78 is 4.90. The van der Waals surface area contributed by atoms with Crippen LogP contribution in [0.3, 0.4) is 0 Å². The minimum Gasteiger partial charge on any atom is -0.452 e. The Morgan fingerprint density at radius 3 is 2.21 bits per heavy atom. The van der Waals surface area contributed by atoms with Crippen LogP contribution in [0.5, 0.6) is 0 Å². The first-order valence-corrected chi connectivity index (χ1v) is 7.23. The molecule has 0 saturated carbocycles. The molecule has 1 aliphatic rings. The second-order valence-corrected chi connectivity index (χ2v) is 5.18. The molecule has 1 aliphatic carbocycles. The van der Waals surface area contributed by atoms with Crippen LogP contribution in [0.25, 0.3) is 0 Å². The van der Waals surface area contributed by atoms with Crippen molar-refractivity contribution in [2.75, 3.05) is 13.7 Å². The molecule has 120 valence electrons. The lowest BCUT2D eigenvalue weighted by Gasteiger charge is -2.19. The highest BCUT2D eigenvalue weighted by atomic mass is 16.5. The van der Waals surface area contributed by atoms with E-state index in [4.69, 9.17) is 4.74 Å². The number of hydrogen-bond donors (Lipinski definition) is 1. The van der Waals surface area contributed by atoms with Crippen LogP contribution in [0, 0.1) is 0 Å². The van der Waals surface area contributed by atoms with Gasteiger partial charge in [0, 0.05) is 29.3 Å². The van der Waals surface area contributed by atoms with Crippen molar-refractivity contribution in [1.29, 1.82) is 0 Å². The first kappa shape index (κ1) is 15.6. The summed E-state index contributed by atoms with van der Waals surface area (Å²) in [6.07, 6.45) is 0. The molecule has 0 spiro atoms. The van der Waals surface area contributed by atoms with Crippen LogP contribution < -0.4 is 5.32 Å². The molecule has 0 saturated heterocycles. The van der Waals surface area contributed by atoms with Crippen molar-refractivity contribution in [3.8, 4) is 0 Å². The number of nitrogens with one attached hydrogen (secondary N) is 1. The molecule has 2 aromatic carbocycles. The van der Waals surface area contributed by atoms with E-state index in [1.165, 1.54) is 25.2 Å². The quantitative estimate of drug-likeness (QED) is 0.735. The van der Waals surface area contributed by atoms with Crippen molar-refractivity contribution in [1.82, 2.24) is 5.32 Å². The van der Waals surface area contributed by atoms with E-state index in [0.717, 1.165) is 0 Å². The van der Waals surface area contributed by atoms with Gasteiger partial charge in [0.1, 0.15) is 0 Å². The highest BCUT2D eigenvalue weighted by Gasteiger charge is 2.33. The number of ketones is 2. The van der Waals surface area contributed by atoms with Gasteiger partial charge < -0.3 is 10.1 Å². The average molecular weight is 323 g/mol. The third kappa shape index (κ3) is 2.48. The molecule has 6 nitrogen and oxygen atoms in total. The molecule has 0 atom stereocenters. The van der Waals surface area contributed by atoms with Gasteiger partial charge >= 0.3 is 5.97 Å². The summed E-state index contributed by atoms with van der Waals surface area (Å²) >= 11 is 0. The topological polar surface area (TPSA) is 89.5 Å². The van der Waals surface area contributed by atoms with Crippen LogP contribution in [0.15, 0.2) is 42.5 Å². The van der Waals surface area contributed by atoms with E-state index in [1.807, 2.05) is 0 Å². The smallest absolute Gasteiger partial charge is 0.339 e. The fourth-order valence-corrected chi connectivity index (χ4v) is 2.60. The molecule has 1 N–H and O–H groups in total. The van der Waals surface area contributed by atoms with Crippen molar-refractivity contribution in [2.45, 2.75) is 0 Å². The summed E-state index contributed by atoms with van der Waals surface area (Å²) in [7, 11) is 1.42. The number of fused-ring (bicyclic) bond motifs is 2. The van der Waals surface area contributed by atoms with E-state index in [1.54, 1.807) is 24.3 Å². The molecular weight excluding hydrogens is 310 g/mol. The number of likely N-dealkylation sites (N-methyl/N-ethyl adjacent to an activating group) is 1. The van der Waals surface area contributed by atoms with E-state index in [-0.39, 0.29) is 28.0 Å². The highest BCUT2D eigenvalue weighted by Crippen LogP contribution is 2.29. The van der Waals surface area contributed by atoms with Crippen LogP contribution >= 0.6 is 0 Å². The normalized spacial score (nSPS) is 12.2. The lowest BCUT2D eigenvalue weighted by atomic mass is 9.82. The molecule has 0 aliphatic heterocycles. The van der Waals surface area contributed by atoms with Gasteiger partial charge in [-0.2, -0.15) is 0 Å². The minimum absolute atomic E-state index is 0.0168. The predicted octanol–water partition coefficient (Wildman–Crippen LogP) is 1.36. The maximum Gasteiger partial charge on any atom is 0.339 e. The molecule has 0 unspecified atom stereocenters. The Balaban J connectivity index is 2.04. The fraction of sp³-hybridized carbons (Fsp3) is 0.111. The predicted molar refractivity (Wildman–Crippen MR) is 84.1 cm³/mol. The van der Waals surface area contributed by atoms with E-state index < -0.39 is 24.3 Å². The molecule has 0 aromatic heterocycles. The Labute approximate surface area is 137 Å². The van der Waals surface area contributed by atoms with Crippen molar-refractivity contribution < 1.29 is 23.9 Å². The van der Waals surface area contributed by atoms with Gasteiger partial charge in [-0.3, -0.25) is 14.4 Å². The molecule has 3 rings (SSSR count). The van der Waals surface area contributed by atoms with Gasteiger partial charge in [0.2, 0.25) is 0 Å². The number of amides is 1. The molecular formula is C18H13NO5. The van der Waals surface area contributed by atoms with E-state index in [9.17, 15) is 19.2 Å². The third-order valence-corrected chi connectivity index (χ3v) is 3.79. The average Bonchev–Trinajstić information content (AvgIpc) is 2.63. The standard InChI is InChI=1S/C18H13NO5/c1-19-14(20)9-24-18(23)13-8-4-7-12-15(13)17(22)11-6-3-2-5-10(11)16(12)21/h2-8H,9H2,1H3,(H,19,20). The summed E-state index contributed by atoms with van der Waals surface area (Å²) in [4.78, 5) is 48.7. The molecule has 1 amide bonds. The van der Waals surface area contributed by atoms with Crippen LogP contribution in [-0.2, 0) is 9.53 Å². The summed E-state index contributed by atoms with van der Waals surface area (Å²) in [6, 6.07) is 10.9. The largest absolute Gasteiger partial charge is 0.452 e. The molecule has 0 bridgehead atoms. The zero-order valence-corrected chi connectivity index (χ0v) is 12.8. The number of rotatable bonds is 3. The second-order valence-electron chi connectivity index (χ2n) is 5.18. The fourth-order valence-electron chi connectivity index (χ4n) is 2.60. The van der Waals surface area contributed by atoms with E-state index in [2.05, 4.69) is 5.32 Å². The number of ether oxygens (including phenoxy) is 1. The van der Waals surface area contributed by atoms with E-state index >= 15 is 0 Å². The Kier molecular flexibility index (Phi) is 3.95. The van der Waals surface area contributed by atoms with Gasteiger partial charge in [0.25, 0.3) is 5.91 Å². The van der Waals surface area contributed by atoms with Gasteiger partial charge in [0.15, 0.2) is 18.2 Å². The zero-order valence-electron chi connectivity index (χ0n) is 12.8. The maximum absolute atomic E-state index is 12.7. The molecule has 0 fully saturated rings. The first-order chi connectivity index (χ1) is 11.5. The lowest BCUT2D eigenvalue weighted by molar-refractivity contribution is -0.123. The summed E-state index contributed by atoms with van der Waals surface area (Å²) in [5, 5.41) is 2.33. The maximum atomic E-state index is 12.7. The number of esters is 1. The van der Waals surface area contributed by atoms with Gasteiger partial charge in [0.05, 0.1) is 5.56 Å². The SMILES string of the molecule is CNC(=O)COC(=O)c1cccc2c1C(=O)c1ccccc1C2=O. The second kappa shape index (κ2) is 6.08. The summed E-state index contributed by atoms with van der Waals surface area (Å²) in [6.45, 7) is -0.461. The van der Waals surface area contributed by atoms with Crippen LogP contribution in [-0.4, -0.2) is 37.1 Å². The van der Waals surface area contributed by atoms with Crippen molar-refractivity contribution in [3.63, 3.8) is 0 Å². The molecule has 6 heteroatoms. The third-order valence-electron chi connectivity index (χ3n) is 3.79. The molecule has 2 aromatic rings. The van der Waals surface area contributed by atoms with Crippen LogP contribution in [0.1, 0.15) is 42.2 Å². The summed E-state index contributed by atoms with van der Waals surface area (Å²) in [5.41, 5.74) is 0.716. The zero-order chi connectivity index (χ0) is 17.3. The Morgan fingerprint density at radius 2 is 1.54 bits per heavy atom. The van der Waals surface area contributed by atoms with Crippen LogP contribution in [0.4, 0.5) is 0 Å². The van der Waals surface area contributed by atoms with Gasteiger partial charge in [-0.25, -0.2) is 4.79 Å². The molecule has 24 heavy (non-hydrogen) atoms. The molecule has 0 radical (unpaired) electrons. The Morgan fingerprint density at radius 1 is 0.917 bits per heavy atom. The number of benzene rings is 2. The number of carbonyl (C=O) groups is 4. The first-order valence-electron chi connectivity index (χ1n) is 7.23. The van der Waals surface area contributed by atoms with Crippen molar-refractivity contribution >= 4 is 23.4 Å². The monoisotopic (exact) mass is 323 g/mol. The van der Waals surface area contributed by atoms with Gasteiger partial charge in [-0.1, -0.05) is 36.4 Å². The summed E-state index contributed by atoms with van der Waals surface area (Å²) in [5.74, 6) is -2.02. The van der Waals surface area contributed by atoms with Gasteiger partial charge in [-0.15, -0.1) is 0 Å². The molecule has 0 heterocycles. The lowest BCUT2D eigenvalue weighted by Crippen LogP contribution is -2.27. The van der Waals surface area contributed by atoms with Crippen molar-refractivity contribution in [3.05, 3.63) is 70.3 Å². The van der Waals surface area contributed by atoms with E-state index in [0.29, 0.717) is 5.56 Å². The van der Waals surface area contributed by atoms with Crippen LogP contribution in [0.2, 0.25) is 0 Å². The van der Waals surface area contributed by atoms with Crippen molar-refractivity contribution in [2.24, 2.45) is 0 Å².